The standard InChI is InChI=1S/C14H18ClNO3/c1-19-13-9-12(11(15)8-10(13)14(17)18)16-6-4-2-3-5-7-16/h8-9H,2-7H2,1H3,(H,17,18). The number of carboxylic acid groups (broad SMARTS) is 1. The number of benzene rings is 1. The monoisotopic (exact) mass is 283 g/mol. The van der Waals surface area contributed by atoms with Gasteiger partial charge in [-0.15, -0.1) is 0 Å². The number of hydrogen-bond acceptors (Lipinski definition) is 3. The fraction of sp³-hybridized carbons (Fsp3) is 0.500. The van der Waals surface area contributed by atoms with Crippen LogP contribution >= 0.6 is 11.6 Å². The highest BCUT2D eigenvalue weighted by Gasteiger charge is 2.19. The van der Waals surface area contributed by atoms with Crippen molar-refractivity contribution >= 4 is 23.3 Å². The smallest absolute Gasteiger partial charge is 0.339 e. The number of nitrogens with zero attached hydrogens (tertiary/aromatic N) is 1. The van der Waals surface area contributed by atoms with Crippen molar-refractivity contribution in [2.75, 3.05) is 25.1 Å². The van der Waals surface area contributed by atoms with Gasteiger partial charge in [-0.1, -0.05) is 24.4 Å². The molecule has 4 nitrogen and oxygen atoms in total. The molecule has 0 aromatic heterocycles. The Morgan fingerprint density at radius 3 is 2.42 bits per heavy atom. The third-order valence-corrected chi connectivity index (χ3v) is 3.75. The van der Waals surface area contributed by atoms with Crippen molar-refractivity contribution in [1.82, 2.24) is 0 Å². The number of anilines is 1. The first-order valence-electron chi connectivity index (χ1n) is 6.49. The Balaban J connectivity index is 2.37. The summed E-state index contributed by atoms with van der Waals surface area (Å²) in [5.74, 6) is -0.669. The van der Waals surface area contributed by atoms with Gasteiger partial charge in [-0.3, -0.25) is 0 Å². The lowest BCUT2D eigenvalue weighted by molar-refractivity contribution is 0.0693. The van der Waals surface area contributed by atoms with E-state index in [-0.39, 0.29) is 5.56 Å². The minimum atomic E-state index is -1.03. The highest BCUT2D eigenvalue weighted by molar-refractivity contribution is 6.33. The average Bonchev–Trinajstić information content (AvgIpc) is 2.67. The molecule has 0 radical (unpaired) electrons. The van der Waals surface area contributed by atoms with E-state index in [0.29, 0.717) is 10.8 Å². The molecule has 104 valence electrons. The van der Waals surface area contributed by atoms with Crippen molar-refractivity contribution in [3.63, 3.8) is 0 Å². The molecule has 2 rings (SSSR count). The van der Waals surface area contributed by atoms with Gasteiger partial charge >= 0.3 is 5.97 Å². The largest absolute Gasteiger partial charge is 0.496 e. The molecule has 1 heterocycles. The Morgan fingerprint density at radius 2 is 1.89 bits per heavy atom. The molecule has 19 heavy (non-hydrogen) atoms. The van der Waals surface area contributed by atoms with Crippen LogP contribution in [0.25, 0.3) is 0 Å². The zero-order chi connectivity index (χ0) is 13.8. The molecule has 1 aliphatic heterocycles. The summed E-state index contributed by atoms with van der Waals surface area (Å²) < 4.78 is 5.16. The van der Waals surface area contributed by atoms with E-state index in [0.717, 1.165) is 31.6 Å². The van der Waals surface area contributed by atoms with Crippen LogP contribution in [0.3, 0.4) is 0 Å². The van der Waals surface area contributed by atoms with E-state index in [1.165, 1.54) is 26.0 Å². The molecule has 0 amide bonds. The first-order chi connectivity index (χ1) is 9.13. The second kappa shape index (κ2) is 6.15. The van der Waals surface area contributed by atoms with Crippen LogP contribution in [0.15, 0.2) is 12.1 Å². The maximum absolute atomic E-state index is 11.1. The second-order valence-corrected chi connectivity index (χ2v) is 5.12. The van der Waals surface area contributed by atoms with Crippen LogP contribution in [-0.2, 0) is 0 Å². The lowest BCUT2D eigenvalue weighted by Crippen LogP contribution is -2.24. The Labute approximate surface area is 117 Å². The number of carboxylic acids is 1. The van der Waals surface area contributed by atoms with Crippen LogP contribution in [0.5, 0.6) is 5.75 Å². The van der Waals surface area contributed by atoms with Crippen LogP contribution in [-0.4, -0.2) is 31.3 Å². The van der Waals surface area contributed by atoms with E-state index in [1.54, 1.807) is 6.07 Å². The highest BCUT2D eigenvalue weighted by atomic mass is 35.5. The maximum atomic E-state index is 11.1. The van der Waals surface area contributed by atoms with E-state index in [4.69, 9.17) is 21.4 Å². The number of aromatic carboxylic acids is 1. The van der Waals surface area contributed by atoms with E-state index in [9.17, 15) is 4.79 Å². The molecular formula is C14H18ClNO3. The van der Waals surface area contributed by atoms with Crippen LogP contribution in [0.1, 0.15) is 36.0 Å². The molecule has 1 aromatic carbocycles. The fourth-order valence-corrected chi connectivity index (χ4v) is 2.72. The summed E-state index contributed by atoms with van der Waals surface area (Å²) in [5.41, 5.74) is 0.969. The number of hydrogen-bond donors (Lipinski definition) is 1. The lowest BCUT2D eigenvalue weighted by Gasteiger charge is -2.24. The van der Waals surface area contributed by atoms with Gasteiger partial charge in [-0.05, 0) is 18.9 Å². The lowest BCUT2D eigenvalue weighted by atomic mass is 10.1. The van der Waals surface area contributed by atoms with Crippen LogP contribution < -0.4 is 9.64 Å². The summed E-state index contributed by atoms with van der Waals surface area (Å²) >= 11 is 6.23. The molecular weight excluding hydrogens is 266 g/mol. The van der Waals surface area contributed by atoms with E-state index >= 15 is 0 Å². The first kappa shape index (κ1) is 14.0. The molecule has 1 fully saturated rings. The highest BCUT2D eigenvalue weighted by Crippen LogP contribution is 2.34. The predicted octanol–water partition coefficient (Wildman–Crippen LogP) is 3.43. The molecule has 0 saturated carbocycles. The maximum Gasteiger partial charge on any atom is 0.339 e. The predicted molar refractivity (Wildman–Crippen MR) is 75.6 cm³/mol. The summed E-state index contributed by atoms with van der Waals surface area (Å²) in [5, 5.41) is 9.59. The number of rotatable bonds is 3. The van der Waals surface area contributed by atoms with Crippen molar-refractivity contribution in [2.45, 2.75) is 25.7 Å². The second-order valence-electron chi connectivity index (χ2n) is 4.71. The van der Waals surface area contributed by atoms with Crippen molar-refractivity contribution in [2.24, 2.45) is 0 Å². The molecule has 5 heteroatoms. The topological polar surface area (TPSA) is 49.8 Å². The van der Waals surface area contributed by atoms with Gasteiger partial charge in [-0.2, -0.15) is 0 Å². The Hall–Kier alpha value is -1.42. The summed E-state index contributed by atoms with van der Waals surface area (Å²) in [4.78, 5) is 13.3. The summed E-state index contributed by atoms with van der Waals surface area (Å²) in [7, 11) is 1.47. The van der Waals surface area contributed by atoms with Gasteiger partial charge in [0.15, 0.2) is 0 Å². The van der Waals surface area contributed by atoms with Gasteiger partial charge in [0, 0.05) is 19.2 Å². The molecule has 0 unspecified atom stereocenters. The third kappa shape index (κ3) is 3.13. The minimum absolute atomic E-state index is 0.103. The molecule has 1 aliphatic rings. The molecule has 0 spiro atoms. The van der Waals surface area contributed by atoms with E-state index < -0.39 is 5.97 Å². The van der Waals surface area contributed by atoms with Crippen molar-refractivity contribution in [1.29, 1.82) is 0 Å². The van der Waals surface area contributed by atoms with Gasteiger partial charge in [-0.25, -0.2) is 4.79 Å². The third-order valence-electron chi connectivity index (χ3n) is 3.45. The van der Waals surface area contributed by atoms with Crippen molar-refractivity contribution in [3.05, 3.63) is 22.7 Å². The first-order valence-corrected chi connectivity index (χ1v) is 6.87. The minimum Gasteiger partial charge on any atom is -0.496 e. The Bertz CT molecular complexity index is 468. The van der Waals surface area contributed by atoms with Gasteiger partial charge in [0.2, 0.25) is 0 Å². The SMILES string of the molecule is COc1cc(N2CCCCCC2)c(Cl)cc1C(=O)O. The normalized spacial score (nSPS) is 16.0. The Kier molecular flexibility index (Phi) is 4.53. The van der Waals surface area contributed by atoms with Gasteiger partial charge < -0.3 is 14.7 Å². The summed E-state index contributed by atoms with van der Waals surface area (Å²) in [6.07, 6.45) is 4.75. The average molecular weight is 284 g/mol. The number of halogens is 1. The quantitative estimate of drug-likeness (QED) is 0.923. The van der Waals surface area contributed by atoms with Crippen molar-refractivity contribution in [3.8, 4) is 5.75 Å². The van der Waals surface area contributed by atoms with Crippen LogP contribution in [0.2, 0.25) is 5.02 Å². The van der Waals surface area contributed by atoms with Gasteiger partial charge in [0.25, 0.3) is 0 Å². The fourth-order valence-electron chi connectivity index (χ4n) is 2.43. The molecule has 1 aromatic rings. The molecule has 0 aliphatic carbocycles. The summed E-state index contributed by atoms with van der Waals surface area (Å²) in [6, 6.07) is 3.21. The van der Waals surface area contributed by atoms with Crippen LogP contribution in [0.4, 0.5) is 5.69 Å². The van der Waals surface area contributed by atoms with E-state index in [2.05, 4.69) is 4.90 Å². The number of carbonyl (C=O) groups is 1. The molecule has 1 saturated heterocycles. The summed E-state index contributed by atoms with van der Waals surface area (Å²) in [6.45, 7) is 1.91. The molecule has 0 bridgehead atoms. The van der Waals surface area contributed by atoms with Crippen LogP contribution in [0, 0.1) is 0 Å². The van der Waals surface area contributed by atoms with Crippen molar-refractivity contribution < 1.29 is 14.6 Å². The number of methoxy groups -OCH3 is 1. The van der Waals surface area contributed by atoms with Gasteiger partial charge in [0.1, 0.15) is 11.3 Å². The Morgan fingerprint density at radius 1 is 1.26 bits per heavy atom. The zero-order valence-corrected chi connectivity index (χ0v) is 11.7. The molecule has 1 N–H and O–H groups in total. The zero-order valence-electron chi connectivity index (χ0n) is 11.0. The van der Waals surface area contributed by atoms with E-state index in [1.807, 2.05) is 0 Å². The molecule has 0 atom stereocenters. The number of ether oxygens (including phenoxy) is 1. The van der Waals surface area contributed by atoms with Gasteiger partial charge in [0.05, 0.1) is 17.8 Å².